The Morgan fingerprint density at radius 3 is 1.88 bits per heavy atom. The van der Waals surface area contributed by atoms with Crippen molar-refractivity contribution in [1.29, 1.82) is 0 Å². The summed E-state index contributed by atoms with van der Waals surface area (Å²) in [6.45, 7) is 16.0. The second-order valence-corrected chi connectivity index (χ2v) is 24.4. The van der Waals surface area contributed by atoms with Crippen LogP contribution in [0, 0.1) is 45.3 Å². The van der Waals surface area contributed by atoms with Gasteiger partial charge in [0, 0.05) is 3.92 Å². The molecule has 3 saturated carbocycles. The van der Waals surface area contributed by atoms with Crippen LogP contribution < -0.4 is 0 Å². The number of hydrogen-bond donors (Lipinski definition) is 11. The van der Waals surface area contributed by atoms with Crippen LogP contribution in [0.25, 0.3) is 0 Å². The number of ether oxygens (including phenoxy) is 6. The first-order valence-corrected chi connectivity index (χ1v) is 25.6. The summed E-state index contributed by atoms with van der Waals surface area (Å²) in [5.41, 5.74) is 0.866. The molecule has 66 heavy (non-hydrogen) atoms. The first-order valence-electron chi connectivity index (χ1n) is 24.4. The van der Waals surface area contributed by atoms with Crippen LogP contribution >= 0.6 is 22.6 Å². The van der Waals surface area contributed by atoms with Gasteiger partial charge in [-0.05, 0) is 117 Å². The van der Waals surface area contributed by atoms with Gasteiger partial charge in [0.15, 0.2) is 18.9 Å². The third-order valence-electron chi connectivity index (χ3n) is 18.5. The molecule has 3 aliphatic heterocycles. The molecular formula is C48H81IO17. The highest BCUT2D eigenvalue weighted by Gasteiger charge is 2.67. The van der Waals surface area contributed by atoms with Crippen molar-refractivity contribution in [2.24, 2.45) is 45.3 Å². The van der Waals surface area contributed by atoms with E-state index in [1.54, 1.807) is 19.4 Å². The summed E-state index contributed by atoms with van der Waals surface area (Å²) in [5, 5.41) is 117. The fourth-order valence-corrected chi connectivity index (χ4v) is 14.7. The molecule has 0 aromatic carbocycles. The van der Waals surface area contributed by atoms with Crippen LogP contribution in [-0.4, -0.2) is 184 Å². The summed E-state index contributed by atoms with van der Waals surface area (Å²) in [5.74, 6) is 1.83. The van der Waals surface area contributed by atoms with Crippen LogP contribution in [0.3, 0.4) is 0 Å². The summed E-state index contributed by atoms with van der Waals surface area (Å²) in [6.07, 6.45) is -13.9. The number of aliphatic hydroxyl groups is 11. The largest absolute Gasteiger partial charge is 0.394 e. The van der Waals surface area contributed by atoms with Crippen molar-refractivity contribution in [3.05, 3.63) is 11.6 Å². The minimum atomic E-state index is -1.87. The molecule has 24 unspecified atom stereocenters. The van der Waals surface area contributed by atoms with E-state index in [1.807, 2.05) is 0 Å². The summed E-state index contributed by atoms with van der Waals surface area (Å²) in [7, 11) is 0. The van der Waals surface area contributed by atoms with Gasteiger partial charge in [-0.1, -0.05) is 75.8 Å². The Balaban J connectivity index is 1.09. The van der Waals surface area contributed by atoms with E-state index < -0.39 is 124 Å². The highest BCUT2D eigenvalue weighted by molar-refractivity contribution is 14.1. The molecule has 4 aliphatic carbocycles. The fourth-order valence-electron chi connectivity index (χ4n) is 14.0. The normalized spacial score (nSPS) is 50.4. The van der Waals surface area contributed by atoms with E-state index in [1.165, 1.54) is 19.3 Å². The number of allylic oxidation sites excluding steroid dienone is 2. The fraction of sp³-hybridized carbons (Fsp3) is 0.958. The molecule has 7 aliphatic rings. The van der Waals surface area contributed by atoms with Crippen LogP contribution in [-0.2, 0) is 28.4 Å². The third-order valence-corrected chi connectivity index (χ3v) is 20.7. The lowest BCUT2D eigenvalue weighted by Gasteiger charge is -2.66. The number of rotatable bonds is 14. The smallest absolute Gasteiger partial charge is 0.187 e. The lowest BCUT2D eigenvalue weighted by atomic mass is 9.39. The molecule has 0 aromatic heterocycles. The average molecular weight is 1060 g/mol. The van der Waals surface area contributed by atoms with Crippen molar-refractivity contribution in [2.75, 3.05) is 19.8 Å². The molecule has 3 saturated heterocycles. The van der Waals surface area contributed by atoms with E-state index in [0.717, 1.165) is 25.7 Å². The van der Waals surface area contributed by atoms with Gasteiger partial charge in [-0.2, -0.15) is 0 Å². The van der Waals surface area contributed by atoms with Crippen LogP contribution in [0.2, 0.25) is 0 Å². The van der Waals surface area contributed by atoms with Gasteiger partial charge in [0.05, 0.1) is 31.5 Å². The van der Waals surface area contributed by atoms with Crippen molar-refractivity contribution in [1.82, 2.24) is 0 Å². The molecule has 11 N–H and O–H groups in total. The van der Waals surface area contributed by atoms with E-state index in [9.17, 15) is 56.2 Å². The number of aliphatic hydroxyl groups excluding tert-OH is 10. The summed E-state index contributed by atoms with van der Waals surface area (Å²) < 4.78 is 36.2. The van der Waals surface area contributed by atoms with Crippen molar-refractivity contribution >= 4 is 22.6 Å². The van der Waals surface area contributed by atoms with Gasteiger partial charge in [-0.3, -0.25) is 0 Å². The molecule has 0 bridgehead atoms. The van der Waals surface area contributed by atoms with Gasteiger partial charge in [0.1, 0.15) is 73.2 Å². The lowest BCUT2D eigenvalue weighted by Crippen LogP contribution is -2.65. The van der Waals surface area contributed by atoms with Crippen LogP contribution in [0.15, 0.2) is 11.6 Å². The Hall–Kier alpha value is -0.210. The summed E-state index contributed by atoms with van der Waals surface area (Å²) in [6, 6.07) is 0. The standard InChI is InChI=1S/C48H81IO17/c1-22(23-15-16-48(8)29-12-10-24-25(11-13-30(49)44(24,2)3)46(29,6)17-18-47(23,48)7)9-14-31(45(4,5)60)65-43-40(66-42-39(59)36(56)33(53)27(20-51)63-42)37(57)34(54)28(64-43)21-61-41-38(58)35(55)32(52)26(19-50)62-41/h10,22-23,25-43,50-60H,9,11-21H2,1-8H3. The van der Waals surface area contributed by atoms with E-state index in [4.69, 9.17) is 28.4 Å². The number of alkyl halides is 1. The molecule has 24 atom stereocenters. The van der Waals surface area contributed by atoms with Crippen molar-refractivity contribution in [3.8, 4) is 0 Å². The van der Waals surface area contributed by atoms with Gasteiger partial charge in [-0.15, -0.1) is 0 Å². The van der Waals surface area contributed by atoms with Crippen molar-refractivity contribution < 1.29 is 84.6 Å². The van der Waals surface area contributed by atoms with E-state index in [-0.39, 0.29) is 27.6 Å². The highest BCUT2D eigenvalue weighted by Crippen LogP contribution is 2.75. The predicted octanol–water partition coefficient (Wildman–Crippen LogP) is 1.42. The van der Waals surface area contributed by atoms with Crippen LogP contribution in [0.5, 0.6) is 0 Å². The van der Waals surface area contributed by atoms with Gasteiger partial charge < -0.3 is 84.6 Å². The number of halogens is 1. The Morgan fingerprint density at radius 1 is 0.697 bits per heavy atom. The molecule has 0 amide bonds. The summed E-state index contributed by atoms with van der Waals surface area (Å²) in [4.78, 5) is 0. The quantitative estimate of drug-likeness (QED) is 0.0667. The maximum absolute atomic E-state index is 11.7. The van der Waals surface area contributed by atoms with Crippen LogP contribution in [0.4, 0.5) is 0 Å². The molecule has 18 heteroatoms. The van der Waals surface area contributed by atoms with Crippen molar-refractivity contribution in [2.45, 2.75) is 221 Å². The first kappa shape index (κ1) is 53.6. The Labute approximate surface area is 403 Å². The van der Waals surface area contributed by atoms with Gasteiger partial charge in [0.25, 0.3) is 0 Å². The molecule has 6 fully saturated rings. The van der Waals surface area contributed by atoms with E-state index in [0.29, 0.717) is 34.5 Å². The Kier molecular flexibility index (Phi) is 16.2. The third kappa shape index (κ3) is 9.37. The molecule has 7 rings (SSSR count). The molecule has 0 radical (unpaired) electrons. The maximum Gasteiger partial charge on any atom is 0.187 e. The van der Waals surface area contributed by atoms with Crippen LogP contribution in [0.1, 0.15) is 113 Å². The zero-order valence-corrected chi connectivity index (χ0v) is 42.1. The second-order valence-electron chi connectivity index (χ2n) is 22.9. The lowest BCUT2D eigenvalue weighted by molar-refractivity contribution is -0.380. The predicted molar refractivity (Wildman–Crippen MR) is 245 cm³/mol. The minimum Gasteiger partial charge on any atom is -0.394 e. The van der Waals surface area contributed by atoms with Gasteiger partial charge in [0.2, 0.25) is 0 Å². The number of hydrogen-bond acceptors (Lipinski definition) is 17. The molecule has 382 valence electrons. The minimum absolute atomic E-state index is 0.0915. The number of fused-ring (bicyclic) bond motifs is 5. The molecule has 0 aromatic rings. The second kappa shape index (κ2) is 20.0. The topological polar surface area (TPSA) is 278 Å². The van der Waals surface area contributed by atoms with Gasteiger partial charge in [-0.25, -0.2) is 0 Å². The summed E-state index contributed by atoms with van der Waals surface area (Å²) >= 11 is 2.67. The zero-order valence-electron chi connectivity index (χ0n) is 39.9. The average Bonchev–Trinajstić information content (AvgIpc) is 3.54. The van der Waals surface area contributed by atoms with E-state index in [2.05, 4.69) is 70.2 Å². The zero-order chi connectivity index (χ0) is 48.6. The Morgan fingerprint density at radius 2 is 1.27 bits per heavy atom. The highest BCUT2D eigenvalue weighted by atomic mass is 127. The molecule has 17 nitrogen and oxygen atoms in total. The first-order chi connectivity index (χ1) is 30.8. The SMILES string of the molecule is CC(CCC(OC1OC(COC2OC(CO)C(O)C(O)C2O)C(O)C(O)C1OC1OC(CO)C(O)C(O)C1O)C(C)(C)O)C1CCC2(C)C3CC=C4C(CCC(I)C4(C)C)C3(C)CCC12C. The maximum atomic E-state index is 11.7. The Bertz CT molecular complexity index is 1680. The van der Waals surface area contributed by atoms with E-state index >= 15 is 0 Å². The molecular weight excluding hydrogens is 975 g/mol. The molecule has 3 heterocycles. The van der Waals surface area contributed by atoms with Crippen molar-refractivity contribution in [3.63, 3.8) is 0 Å². The van der Waals surface area contributed by atoms with Gasteiger partial charge >= 0.3 is 0 Å². The molecule has 0 spiro atoms. The monoisotopic (exact) mass is 1060 g/mol.